The van der Waals surface area contributed by atoms with Gasteiger partial charge in [-0.25, -0.2) is 0 Å². The van der Waals surface area contributed by atoms with Gasteiger partial charge in [0.05, 0.1) is 7.11 Å². The second kappa shape index (κ2) is 6.06. The Hall–Kier alpha value is -1.51. The fourth-order valence-electron chi connectivity index (χ4n) is 1.37. The van der Waals surface area contributed by atoms with Crippen LogP contribution in [-0.4, -0.2) is 26.7 Å². The van der Waals surface area contributed by atoms with Crippen LogP contribution < -0.4 is 4.90 Å². The predicted molar refractivity (Wildman–Crippen MR) is 61.0 cm³/mol. The van der Waals surface area contributed by atoms with Crippen molar-refractivity contribution in [3.05, 3.63) is 30.3 Å². The van der Waals surface area contributed by atoms with Gasteiger partial charge in [-0.1, -0.05) is 18.2 Å². The van der Waals surface area contributed by atoms with Crippen LogP contribution in [-0.2, 0) is 9.53 Å². The summed E-state index contributed by atoms with van der Waals surface area (Å²) >= 11 is 0. The molecule has 15 heavy (non-hydrogen) atoms. The molecule has 0 saturated heterocycles. The van der Waals surface area contributed by atoms with Gasteiger partial charge in [-0.15, -0.1) is 0 Å². The van der Waals surface area contributed by atoms with Crippen LogP contribution >= 0.6 is 0 Å². The molecule has 0 aliphatic rings. The van der Waals surface area contributed by atoms with Crippen molar-refractivity contribution >= 4 is 11.7 Å². The van der Waals surface area contributed by atoms with E-state index in [0.717, 1.165) is 13.0 Å². The van der Waals surface area contributed by atoms with Gasteiger partial charge in [0.1, 0.15) is 0 Å². The average Bonchev–Trinajstić information content (AvgIpc) is 2.29. The standard InChI is InChI=1S/C12H17NO2/c1-13(10-6-9-12(14)15-2)11-7-4-3-5-8-11/h3-5,7-8H,6,9-10H2,1-2H3. The molecule has 82 valence electrons. The summed E-state index contributed by atoms with van der Waals surface area (Å²) in [7, 11) is 3.44. The summed E-state index contributed by atoms with van der Waals surface area (Å²) < 4.78 is 4.58. The van der Waals surface area contributed by atoms with Crippen molar-refractivity contribution in [3.63, 3.8) is 0 Å². The fraction of sp³-hybridized carbons (Fsp3) is 0.417. The number of methoxy groups -OCH3 is 1. The lowest BCUT2D eigenvalue weighted by Crippen LogP contribution is -2.19. The van der Waals surface area contributed by atoms with Gasteiger partial charge in [0.2, 0.25) is 0 Å². The van der Waals surface area contributed by atoms with E-state index in [0.29, 0.717) is 6.42 Å². The minimum Gasteiger partial charge on any atom is -0.469 e. The van der Waals surface area contributed by atoms with Crippen LogP contribution in [0, 0.1) is 0 Å². The molecule has 3 heteroatoms. The first-order valence-corrected chi connectivity index (χ1v) is 5.07. The zero-order chi connectivity index (χ0) is 11.1. The maximum absolute atomic E-state index is 10.9. The Morgan fingerprint density at radius 1 is 1.33 bits per heavy atom. The van der Waals surface area contributed by atoms with Gasteiger partial charge < -0.3 is 9.64 Å². The Bertz CT molecular complexity index is 298. The molecule has 1 aromatic rings. The zero-order valence-electron chi connectivity index (χ0n) is 9.27. The summed E-state index contributed by atoms with van der Waals surface area (Å²) in [5.41, 5.74) is 1.17. The number of carbonyl (C=O) groups is 1. The summed E-state index contributed by atoms with van der Waals surface area (Å²) in [5.74, 6) is -0.142. The minimum absolute atomic E-state index is 0.142. The lowest BCUT2D eigenvalue weighted by Gasteiger charge is -2.18. The number of hydrogen-bond donors (Lipinski definition) is 0. The first-order valence-electron chi connectivity index (χ1n) is 5.07. The van der Waals surface area contributed by atoms with Gasteiger partial charge in [0.25, 0.3) is 0 Å². The van der Waals surface area contributed by atoms with E-state index in [9.17, 15) is 4.79 Å². The molecule has 0 heterocycles. The Labute approximate surface area is 90.7 Å². The highest BCUT2D eigenvalue weighted by Gasteiger charge is 2.02. The molecule has 3 nitrogen and oxygen atoms in total. The van der Waals surface area contributed by atoms with Gasteiger partial charge >= 0.3 is 5.97 Å². The summed E-state index contributed by atoms with van der Waals surface area (Å²) in [5, 5.41) is 0. The van der Waals surface area contributed by atoms with Crippen molar-refractivity contribution in [2.75, 3.05) is 25.6 Å². The van der Waals surface area contributed by atoms with Crippen LogP contribution in [0.1, 0.15) is 12.8 Å². The number of carbonyl (C=O) groups excluding carboxylic acids is 1. The number of nitrogens with zero attached hydrogens (tertiary/aromatic N) is 1. The summed E-state index contributed by atoms with van der Waals surface area (Å²) in [4.78, 5) is 13.0. The second-order valence-corrected chi connectivity index (χ2v) is 3.44. The highest BCUT2D eigenvalue weighted by molar-refractivity contribution is 5.69. The van der Waals surface area contributed by atoms with Gasteiger partial charge in [0, 0.05) is 25.7 Å². The van der Waals surface area contributed by atoms with E-state index < -0.39 is 0 Å². The van der Waals surface area contributed by atoms with Crippen molar-refractivity contribution < 1.29 is 9.53 Å². The Kier molecular flexibility index (Phi) is 4.68. The van der Waals surface area contributed by atoms with Gasteiger partial charge in [-0.3, -0.25) is 4.79 Å². The molecule has 0 radical (unpaired) electrons. The molecule has 1 rings (SSSR count). The highest BCUT2D eigenvalue weighted by Crippen LogP contribution is 2.11. The van der Waals surface area contributed by atoms with Crippen molar-refractivity contribution in [2.24, 2.45) is 0 Å². The number of esters is 1. The molecular formula is C12H17NO2. The number of para-hydroxylation sites is 1. The van der Waals surface area contributed by atoms with Crippen LogP contribution in [0.3, 0.4) is 0 Å². The quantitative estimate of drug-likeness (QED) is 0.692. The number of rotatable bonds is 5. The van der Waals surface area contributed by atoms with Crippen LogP contribution in [0.4, 0.5) is 5.69 Å². The van der Waals surface area contributed by atoms with Crippen LogP contribution in [0.25, 0.3) is 0 Å². The Morgan fingerprint density at radius 2 is 2.00 bits per heavy atom. The van der Waals surface area contributed by atoms with Crippen LogP contribution in [0.5, 0.6) is 0 Å². The number of ether oxygens (including phenoxy) is 1. The Morgan fingerprint density at radius 3 is 2.60 bits per heavy atom. The van der Waals surface area contributed by atoms with E-state index in [1.807, 2.05) is 25.2 Å². The van der Waals surface area contributed by atoms with Crippen molar-refractivity contribution in [1.29, 1.82) is 0 Å². The second-order valence-electron chi connectivity index (χ2n) is 3.44. The largest absolute Gasteiger partial charge is 0.469 e. The molecule has 0 N–H and O–H groups in total. The lowest BCUT2D eigenvalue weighted by molar-refractivity contribution is -0.140. The smallest absolute Gasteiger partial charge is 0.305 e. The van der Waals surface area contributed by atoms with Crippen LogP contribution in [0.15, 0.2) is 30.3 Å². The maximum atomic E-state index is 10.9. The topological polar surface area (TPSA) is 29.5 Å². The normalized spacial score (nSPS) is 9.73. The first-order chi connectivity index (χ1) is 7.24. The van der Waals surface area contributed by atoms with E-state index in [2.05, 4.69) is 21.8 Å². The molecule has 0 aliphatic heterocycles. The van der Waals surface area contributed by atoms with Crippen molar-refractivity contribution in [1.82, 2.24) is 0 Å². The van der Waals surface area contributed by atoms with E-state index in [4.69, 9.17) is 0 Å². The van der Waals surface area contributed by atoms with Gasteiger partial charge in [0.15, 0.2) is 0 Å². The van der Waals surface area contributed by atoms with E-state index in [1.54, 1.807) is 0 Å². The summed E-state index contributed by atoms with van der Waals surface area (Å²) in [6.07, 6.45) is 1.30. The molecule has 1 aromatic carbocycles. The van der Waals surface area contributed by atoms with Crippen LogP contribution in [0.2, 0.25) is 0 Å². The summed E-state index contributed by atoms with van der Waals surface area (Å²) in [6, 6.07) is 10.1. The first kappa shape index (κ1) is 11.6. The monoisotopic (exact) mass is 207 g/mol. The van der Waals surface area contributed by atoms with E-state index in [-0.39, 0.29) is 5.97 Å². The number of hydrogen-bond acceptors (Lipinski definition) is 3. The van der Waals surface area contributed by atoms with Gasteiger partial charge in [-0.2, -0.15) is 0 Å². The van der Waals surface area contributed by atoms with E-state index >= 15 is 0 Å². The molecule has 0 atom stereocenters. The molecule has 0 spiro atoms. The average molecular weight is 207 g/mol. The summed E-state index contributed by atoms with van der Waals surface area (Å²) in [6.45, 7) is 0.860. The highest BCUT2D eigenvalue weighted by atomic mass is 16.5. The molecule has 0 aromatic heterocycles. The Balaban J connectivity index is 2.31. The third-order valence-electron chi connectivity index (χ3n) is 2.30. The van der Waals surface area contributed by atoms with Crippen molar-refractivity contribution in [2.45, 2.75) is 12.8 Å². The SMILES string of the molecule is COC(=O)CCCN(C)c1ccccc1. The number of benzene rings is 1. The van der Waals surface area contributed by atoms with Gasteiger partial charge in [-0.05, 0) is 18.6 Å². The molecular weight excluding hydrogens is 190 g/mol. The van der Waals surface area contributed by atoms with E-state index in [1.165, 1.54) is 12.8 Å². The minimum atomic E-state index is -0.142. The zero-order valence-corrected chi connectivity index (χ0v) is 9.27. The molecule has 0 unspecified atom stereocenters. The molecule has 0 saturated carbocycles. The molecule has 0 fully saturated rings. The molecule has 0 aliphatic carbocycles. The molecule has 0 bridgehead atoms. The maximum Gasteiger partial charge on any atom is 0.305 e. The predicted octanol–water partition coefficient (Wildman–Crippen LogP) is 2.08. The fourth-order valence-corrected chi connectivity index (χ4v) is 1.37. The third kappa shape index (κ3) is 4.02. The van der Waals surface area contributed by atoms with Crippen molar-refractivity contribution in [3.8, 4) is 0 Å². The molecule has 0 amide bonds. The third-order valence-corrected chi connectivity index (χ3v) is 2.30. The lowest BCUT2D eigenvalue weighted by atomic mass is 10.2. The number of anilines is 1.